The molecule has 0 saturated carbocycles. The molecule has 26 heavy (non-hydrogen) atoms. The van der Waals surface area contributed by atoms with Crippen molar-refractivity contribution in [3.8, 4) is 17.1 Å². The number of hydrogen-bond acceptors (Lipinski definition) is 6. The standard InChI is InChI=1S/C19H19N3O3.ClH/c1-2-6-14(7-3-1)13-24-16-9-5-4-8-15(16)18-21-19(25-22-18)17-12-20-10-11-23-17;/h1-9,17,20H,10-13H2;1H/t17-;/m0./s1. The van der Waals surface area contributed by atoms with Gasteiger partial charge in [-0.05, 0) is 17.7 Å². The lowest BCUT2D eigenvalue weighted by molar-refractivity contribution is 0.00755. The van der Waals surface area contributed by atoms with Gasteiger partial charge in [-0.25, -0.2) is 0 Å². The topological polar surface area (TPSA) is 69.4 Å². The summed E-state index contributed by atoms with van der Waals surface area (Å²) in [5.74, 6) is 1.72. The minimum absolute atomic E-state index is 0. The van der Waals surface area contributed by atoms with Crippen molar-refractivity contribution < 1.29 is 14.0 Å². The fourth-order valence-electron chi connectivity index (χ4n) is 2.71. The first-order valence-electron chi connectivity index (χ1n) is 8.32. The third-order valence-corrected chi connectivity index (χ3v) is 4.01. The van der Waals surface area contributed by atoms with Crippen molar-refractivity contribution >= 4 is 12.4 Å². The second-order valence-electron chi connectivity index (χ2n) is 5.79. The molecule has 0 radical (unpaired) electrons. The van der Waals surface area contributed by atoms with Crippen LogP contribution in [-0.4, -0.2) is 29.8 Å². The number of nitrogens with zero attached hydrogens (tertiary/aromatic N) is 2. The van der Waals surface area contributed by atoms with E-state index in [2.05, 4.69) is 15.5 Å². The van der Waals surface area contributed by atoms with E-state index in [1.54, 1.807) is 0 Å². The molecule has 0 amide bonds. The van der Waals surface area contributed by atoms with Crippen molar-refractivity contribution in [2.75, 3.05) is 19.7 Å². The Bertz CT molecular complexity index is 820. The van der Waals surface area contributed by atoms with Crippen LogP contribution in [0, 0.1) is 0 Å². The van der Waals surface area contributed by atoms with E-state index in [9.17, 15) is 0 Å². The average Bonchev–Trinajstić information content (AvgIpc) is 3.18. The zero-order valence-electron chi connectivity index (χ0n) is 14.1. The molecule has 1 N–H and O–H groups in total. The molecular formula is C19H20ClN3O3. The maximum atomic E-state index is 5.97. The molecular weight excluding hydrogens is 354 g/mol. The van der Waals surface area contributed by atoms with Crippen LogP contribution in [0.15, 0.2) is 59.1 Å². The number of morpholine rings is 1. The molecule has 1 aromatic heterocycles. The summed E-state index contributed by atoms with van der Waals surface area (Å²) < 4.78 is 17.0. The molecule has 1 atom stereocenters. The number of nitrogens with one attached hydrogen (secondary N) is 1. The minimum atomic E-state index is -0.201. The van der Waals surface area contributed by atoms with Gasteiger partial charge >= 0.3 is 0 Å². The SMILES string of the molecule is Cl.c1ccc(COc2ccccc2-c2noc([C@@H]3CNCCO3)n2)cc1. The van der Waals surface area contributed by atoms with Crippen LogP contribution < -0.4 is 10.1 Å². The highest BCUT2D eigenvalue weighted by molar-refractivity contribution is 5.85. The van der Waals surface area contributed by atoms with Crippen LogP contribution in [0.1, 0.15) is 17.6 Å². The second-order valence-corrected chi connectivity index (χ2v) is 5.79. The monoisotopic (exact) mass is 373 g/mol. The predicted molar refractivity (Wildman–Crippen MR) is 99.3 cm³/mol. The molecule has 0 bridgehead atoms. The van der Waals surface area contributed by atoms with Gasteiger partial charge in [0.25, 0.3) is 5.89 Å². The lowest BCUT2D eigenvalue weighted by Gasteiger charge is -2.19. The van der Waals surface area contributed by atoms with E-state index in [0.29, 0.717) is 31.5 Å². The van der Waals surface area contributed by atoms with Gasteiger partial charge in [-0.1, -0.05) is 47.6 Å². The fraction of sp³-hybridized carbons (Fsp3) is 0.263. The molecule has 0 unspecified atom stereocenters. The maximum Gasteiger partial charge on any atom is 0.257 e. The Morgan fingerprint density at radius 2 is 1.88 bits per heavy atom. The Morgan fingerprint density at radius 3 is 2.69 bits per heavy atom. The van der Waals surface area contributed by atoms with E-state index in [1.165, 1.54) is 0 Å². The second kappa shape index (κ2) is 8.80. The van der Waals surface area contributed by atoms with E-state index in [-0.39, 0.29) is 18.5 Å². The van der Waals surface area contributed by atoms with Gasteiger partial charge in [-0.15, -0.1) is 12.4 Å². The molecule has 6 nitrogen and oxygen atoms in total. The normalized spacial score (nSPS) is 16.7. The number of ether oxygens (including phenoxy) is 2. The highest BCUT2D eigenvalue weighted by atomic mass is 35.5. The lowest BCUT2D eigenvalue weighted by Crippen LogP contribution is -2.33. The summed E-state index contributed by atoms with van der Waals surface area (Å²) in [6.45, 7) is 2.64. The summed E-state index contributed by atoms with van der Waals surface area (Å²) >= 11 is 0. The zero-order valence-corrected chi connectivity index (χ0v) is 14.9. The summed E-state index contributed by atoms with van der Waals surface area (Å²) in [6.07, 6.45) is -0.201. The average molecular weight is 374 g/mol. The molecule has 1 fully saturated rings. The highest BCUT2D eigenvalue weighted by Crippen LogP contribution is 2.29. The van der Waals surface area contributed by atoms with Crippen molar-refractivity contribution in [2.45, 2.75) is 12.7 Å². The van der Waals surface area contributed by atoms with Gasteiger partial charge < -0.3 is 19.3 Å². The van der Waals surface area contributed by atoms with Gasteiger partial charge in [0, 0.05) is 13.1 Å². The first-order chi connectivity index (χ1) is 12.4. The summed E-state index contributed by atoms with van der Waals surface area (Å²) in [5, 5.41) is 7.36. The Kier molecular flexibility index (Phi) is 6.22. The molecule has 1 aliphatic heterocycles. The van der Waals surface area contributed by atoms with E-state index in [4.69, 9.17) is 14.0 Å². The van der Waals surface area contributed by atoms with Gasteiger partial charge in [-0.2, -0.15) is 4.98 Å². The Morgan fingerprint density at radius 1 is 1.08 bits per heavy atom. The predicted octanol–water partition coefficient (Wildman–Crippen LogP) is 3.40. The first kappa shape index (κ1) is 18.4. The van der Waals surface area contributed by atoms with Crippen molar-refractivity contribution in [3.63, 3.8) is 0 Å². The fourth-order valence-corrected chi connectivity index (χ4v) is 2.71. The molecule has 2 heterocycles. The number of halogens is 1. The number of benzene rings is 2. The molecule has 4 rings (SSSR count). The summed E-state index contributed by atoms with van der Waals surface area (Å²) in [7, 11) is 0. The third kappa shape index (κ3) is 4.22. The zero-order chi connectivity index (χ0) is 16.9. The minimum Gasteiger partial charge on any atom is -0.488 e. The van der Waals surface area contributed by atoms with E-state index < -0.39 is 0 Å². The van der Waals surface area contributed by atoms with E-state index >= 15 is 0 Å². The number of rotatable bonds is 5. The highest BCUT2D eigenvalue weighted by Gasteiger charge is 2.23. The van der Waals surface area contributed by atoms with Gasteiger partial charge in [0.05, 0.1) is 12.2 Å². The summed E-state index contributed by atoms with van der Waals surface area (Å²) in [6, 6.07) is 17.7. The van der Waals surface area contributed by atoms with Crippen molar-refractivity contribution in [1.82, 2.24) is 15.5 Å². The van der Waals surface area contributed by atoms with E-state index in [0.717, 1.165) is 23.4 Å². The Hall–Kier alpha value is -2.41. The number of hydrogen-bond donors (Lipinski definition) is 1. The number of aromatic nitrogens is 2. The maximum absolute atomic E-state index is 5.97. The molecule has 1 aliphatic rings. The first-order valence-corrected chi connectivity index (χ1v) is 8.32. The molecule has 0 spiro atoms. The van der Waals surface area contributed by atoms with Gasteiger partial charge in [-0.3, -0.25) is 0 Å². The van der Waals surface area contributed by atoms with Gasteiger partial charge in [0.1, 0.15) is 18.5 Å². The smallest absolute Gasteiger partial charge is 0.257 e. The van der Waals surface area contributed by atoms with Crippen LogP contribution in [0.5, 0.6) is 5.75 Å². The van der Waals surface area contributed by atoms with Crippen molar-refractivity contribution in [3.05, 3.63) is 66.1 Å². The molecule has 3 aromatic rings. The van der Waals surface area contributed by atoms with Crippen LogP contribution in [0.4, 0.5) is 0 Å². The van der Waals surface area contributed by atoms with Crippen molar-refractivity contribution in [1.29, 1.82) is 0 Å². The Labute approximate surface area is 157 Å². The van der Waals surface area contributed by atoms with Crippen LogP contribution >= 0.6 is 12.4 Å². The van der Waals surface area contributed by atoms with Gasteiger partial charge in [0.2, 0.25) is 5.82 Å². The summed E-state index contributed by atoms with van der Waals surface area (Å²) in [4.78, 5) is 4.50. The third-order valence-electron chi connectivity index (χ3n) is 4.01. The van der Waals surface area contributed by atoms with Crippen molar-refractivity contribution in [2.24, 2.45) is 0 Å². The quantitative estimate of drug-likeness (QED) is 0.739. The largest absolute Gasteiger partial charge is 0.488 e. The molecule has 7 heteroatoms. The molecule has 136 valence electrons. The van der Waals surface area contributed by atoms with Crippen LogP contribution in [0.3, 0.4) is 0 Å². The van der Waals surface area contributed by atoms with Crippen LogP contribution in [0.2, 0.25) is 0 Å². The molecule has 0 aliphatic carbocycles. The lowest BCUT2D eigenvalue weighted by atomic mass is 10.2. The van der Waals surface area contributed by atoms with Crippen LogP contribution in [0.25, 0.3) is 11.4 Å². The van der Waals surface area contributed by atoms with Crippen LogP contribution in [-0.2, 0) is 11.3 Å². The van der Waals surface area contributed by atoms with E-state index in [1.807, 2.05) is 54.6 Å². The number of para-hydroxylation sites is 1. The molecule has 2 aromatic carbocycles. The summed E-state index contributed by atoms with van der Waals surface area (Å²) in [5.41, 5.74) is 1.91. The molecule has 1 saturated heterocycles. The van der Waals surface area contributed by atoms with Gasteiger partial charge in [0.15, 0.2) is 0 Å². The Balaban J connectivity index is 0.00000196.